The first-order chi connectivity index (χ1) is 16.2. The highest BCUT2D eigenvalue weighted by atomic mass is 19.4. The molecule has 0 radical (unpaired) electrons. The highest BCUT2D eigenvalue weighted by Gasteiger charge is 2.52. The van der Waals surface area contributed by atoms with Crippen molar-refractivity contribution in [1.82, 2.24) is 5.06 Å². The molecule has 3 aromatic rings. The minimum Gasteiger partial charge on any atom is -0.485 e. The van der Waals surface area contributed by atoms with Gasteiger partial charge in [-0.2, -0.15) is 18.2 Å². The van der Waals surface area contributed by atoms with Crippen LogP contribution in [0.3, 0.4) is 0 Å². The number of hydroxylamine groups is 2. The van der Waals surface area contributed by atoms with Crippen molar-refractivity contribution >= 4 is 11.8 Å². The molecule has 1 aliphatic heterocycles. The lowest BCUT2D eigenvalue weighted by molar-refractivity contribution is -0.232. The zero-order valence-electron chi connectivity index (χ0n) is 18.0. The zero-order valence-corrected chi connectivity index (χ0v) is 18.0. The molecule has 0 N–H and O–H groups in total. The first kappa shape index (κ1) is 23.3. The first-order valence-electron chi connectivity index (χ1n) is 10.3. The molecule has 0 bridgehead atoms. The van der Waals surface area contributed by atoms with Gasteiger partial charge in [-0.1, -0.05) is 66.7 Å². The van der Waals surface area contributed by atoms with Gasteiger partial charge < -0.3 is 9.57 Å². The number of aliphatic imine (C=N–C) groups is 1. The third kappa shape index (κ3) is 4.73. The van der Waals surface area contributed by atoms with E-state index in [1.807, 2.05) is 0 Å². The number of halogens is 4. The molecule has 0 saturated carbocycles. The van der Waals surface area contributed by atoms with Gasteiger partial charge in [0.1, 0.15) is 29.8 Å². The molecule has 9 heteroatoms. The van der Waals surface area contributed by atoms with Gasteiger partial charge in [0.05, 0.1) is 0 Å². The molecule has 1 heterocycles. The van der Waals surface area contributed by atoms with E-state index < -0.39 is 29.5 Å². The Hall–Kier alpha value is -3.88. The van der Waals surface area contributed by atoms with Crippen LogP contribution in [0.2, 0.25) is 0 Å². The highest BCUT2D eigenvalue weighted by molar-refractivity contribution is 5.88. The Morgan fingerprint density at radius 3 is 2.26 bits per heavy atom. The smallest absolute Gasteiger partial charge is 0.485 e. The van der Waals surface area contributed by atoms with Crippen LogP contribution >= 0.6 is 0 Å². The third-order valence-corrected chi connectivity index (χ3v) is 5.43. The van der Waals surface area contributed by atoms with E-state index in [9.17, 15) is 22.4 Å². The van der Waals surface area contributed by atoms with Crippen molar-refractivity contribution in [3.63, 3.8) is 0 Å². The summed E-state index contributed by atoms with van der Waals surface area (Å²) >= 11 is 0. The van der Waals surface area contributed by atoms with E-state index in [0.717, 1.165) is 11.1 Å². The van der Waals surface area contributed by atoms with Gasteiger partial charge in [-0.15, -0.1) is 0 Å². The fourth-order valence-electron chi connectivity index (χ4n) is 3.90. The normalized spacial score (nSPS) is 20.1. The molecule has 0 aliphatic carbocycles. The number of hydrogen-bond acceptors (Lipinski definition) is 5. The van der Waals surface area contributed by atoms with Crippen LogP contribution < -0.4 is 4.74 Å². The van der Waals surface area contributed by atoms with Gasteiger partial charge in [0.25, 0.3) is 0 Å². The molecule has 0 amide bonds. The monoisotopic (exact) mass is 472 g/mol. The Morgan fingerprint density at radius 1 is 1.00 bits per heavy atom. The number of ether oxygens (including phenoxy) is 1. The van der Waals surface area contributed by atoms with Crippen LogP contribution in [0, 0.1) is 5.82 Å². The molecular formula is C25H20F4N2O3. The van der Waals surface area contributed by atoms with Crippen molar-refractivity contribution in [2.24, 2.45) is 4.99 Å². The largest absolute Gasteiger partial charge is 0.493 e. The number of hydrogen-bond donors (Lipinski definition) is 0. The van der Waals surface area contributed by atoms with Gasteiger partial charge in [-0.05, 0) is 30.2 Å². The van der Waals surface area contributed by atoms with E-state index >= 15 is 0 Å². The van der Waals surface area contributed by atoms with Gasteiger partial charge in [-0.25, -0.2) is 9.18 Å². The van der Waals surface area contributed by atoms with Gasteiger partial charge in [0.15, 0.2) is 5.84 Å². The van der Waals surface area contributed by atoms with Crippen LogP contribution in [-0.4, -0.2) is 29.7 Å². The summed E-state index contributed by atoms with van der Waals surface area (Å²) in [5, 5.41) is 0.845. The topological polar surface area (TPSA) is 51.1 Å². The Morgan fingerprint density at radius 2 is 1.65 bits per heavy atom. The van der Waals surface area contributed by atoms with Crippen molar-refractivity contribution in [3.8, 4) is 5.75 Å². The van der Waals surface area contributed by atoms with Crippen molar-refractivity contribution in [2.75, 3.05) is 6.61 Å². The average molecular weight is 472 g/mol. The highest BCUT2D eigenvalue weighted by Crippen LogP contribution is 2.47. The molecular weight excluding hydrogens is 452 g/mol. The lowest BCUT2D eigenvalue weighted by atomic mass is 9.82. The molecule has 0 spiro atoms. The van der Waals surface area contributed by atoms with Crippen LogP contribution in [0.25, 0.3) is 0 Å². The Bertz CT molecular complexity index is 1190. The number of rotatable bonds is 6. The average Bonchev–Trinajstić information content (AvgIpc) is 3.10. The van der Waals surface area contributed by atoms with Crippen LogP contribution in [-0.2, 0) is 15.2 Å². The van der Waals surface area contributed by atoms with E-state index in [1.165, 1.54) is 18.2 Å². The number of alkyl halides is 3. The van der Waals surface area contributed by atoms with Crippen molar-refractivity contribution in [3.05, 3.63) is 102 Å². The second-order valence-electron chi connectivity index (χ2n) is 7.80. The molecule has 176 valence electrons. The van der Waals surface area contributed by atoms with Gasteiger partial charge in [0.2, 0.25) is 0 Å². The Balaban J connectivity index is 1.78. The molecule has 5 nitrogen and oxygen atoms in total. The van der Waals surface area contributed by atoms with E-state index in [-0.39, 0.29) is 18.2 Å². The SMILES string of the molecule is CC1(c2ccccc2)N=C(COc2cccc(F)c2)N(OC(=O)C(F)(F)F)C1c1ccccc1. The van der Waals surface area contributed by atoms with E-state index in [0.29, 0.717) is 11.1 Å². The van der Waals surface area contributed by atoms with Crippen molar-refractivity contribution < 1.29 is 31.9 Å². The van der Waals surface area contributed by atoms with Crippen molar-refractivity contribution in [1.29, 1.82) is 0 Å². The third-order valence-electron chi connectivity index (χ3n) is 5.43. The Kier molecular flexibility index (Phi) is 6.28. The predicted octanol–water partition coefficient (Wildman–Crippen LogP) is 5.60. The summed E-state index contributed by atoms with van der Waals surface area (Å²) in [6, 6.07) is 22.0. The van der Waals surface area contributed by atoms with Gasteiger partial charge in [-0.3, -0.25) is 4.99 Å². The fraction of sp³-hybridized carbons (Fsp3) is 0.200. The quantitative estimate of drug-likeness (QED) is 0.439. The fourth-order valence-corrected chi connectivity index (χ4v) is 3.90. The van der Waals surface area contributed by atoms with E-state index in [2.05, 4.69) is 4.99 Å². The van der Waals surface area contributed by atoms with Crippen LogP contribution in [0.15, 0.2) is 89.9 Å². The summed E-state index contributed by atoms with van der Waals surface area (Å²) in [4.78, 5) is 21.4. The minimum absolute atomic E-state index is 0.0536. The minimum atomic E-state index is -5.22. The maximum absolute atomic E-state index is 13.6. The van der Waals surface area contributed by atoms with Crippen LogP contribution in [0.1, 0.15) is 24.1 Å². The lowest BCUT2D eigenvalue weighted by Gasteiger charge is -2.34. The van der Waals surface area contributed by atoms with E-state index in [4.69, 9.17) is 9.57 Å². The molecule has 0 saturated heterocycles. The van der Waals surface area contributed by atoms with Crippen LogP contribution in [0.4, 0.5) is 17.6 Å². The second kappa shape index (κ2) is 9.17. The molecule has 1 aliphatic rings. The first-order valence-corrected chi connectivity index (χ1v) is 10.3. The summed E-state index contributed by atoms with van der Waals surface area (Å²) in [6.07, 6.45) is -5.22. The van der Waals surface area contributed by atoms with Crippen molar-refractivity contribution in [2.45, 2.75) is 24.7 Å². The van der Waals surface area contributed by atoms with Crippen LogP contribution in [0.5, 0.6) is 5.75 Å². The number of amidine groups is 1. The maximum Gasteiger partial charge on any atom is 0.493 e. The van der Waals surface area contributed by atoms with Gasteiger partial charge in [0, 0.05) is 6.07 Å². The molecule has 2 unspecified atom stereocenters. The molecule has 4 rings (SSSR count). The predicted molar refractivity (Wildman–Crippen MR) is 116 cm³/mol. The standard InChI is InChI=1S/C25H20F4N2O3/c1-24(18-11-6-3-7-12-18)22(17-9-4-2-5-10-17)31(34-23(32)25(27,28)29)21(30-24)16-33-20-14-8-13-19(26)15-20/h2-15,22H,16H2,1H3. The summed E-state index contributed by atoms with van der Waals surface area (Å²) in [6.45, 7) is 1.38. The van der Waals surface area contributed by atoms with E-state index in [1.54, 1.807) is 67.6 Å². The molecule has 2 atom stereocenters. The number of carbonyl (C=O) groups excluding carboxylic acids is 1. The summed E-state index contributed by atoms with van der Waals surface area (Å²) in [5.41, 5.74) is 0.140. The summed E-state index contributed by atoms with van der Waals surface area (Å²) in [5.74, 6) is -2.83. The zero-order chi connectivity index (χ0) is 24.3. The number of benzene rings is 3. The molecule has 3 aromatic carbocycles. The molecule has 34 heavy (non-hydrogen) atoms. The molecule has 0 fully saturated rings. The van der Waals surface area contributed by atoms with Gasteiger partial charge >= 0.3 is 12.1 Å². The molecule has 0 aromatic heterocycles. The lowest BCUT2D eigenvalue weighted by Crippen LogP contribution is -2.43. The summed E-state index contributed by atoms with van der Waals surface area (Å²) in [7, 11) is 0. The second-order valence-corrected chi connectivity index (χ2v) is 7.80. The number of carbonyl (C=O) groups is 1. The maximum atomic E-state index is 13.6. The number of nitrogens with zero attached hydrogens (tertiary/aromatic N) is 2. The summed E-state index contributed by atoms with van der Waals surface area (Å²) < 4.78 is 58.6. The Labute approximate surface area is 193 Å².